The van der Waals surface area contributed by atoms with E-state index < -0.39 is 0 Å². The standard InChI is InChI=1S/C17H25N5/c1-12(2)22-6-4-5-14(11-22)8-15-9-19-17(10-18-15)16-7-13(3)20-21-16/h7,9-10,12,14H,4-6,8,11H2,1-3H3,(H,20,21)/t14-/m0/s1. The Morgan fingerprint density at radius 3 is 2.77 bits per heavy atom. The number of hydrogen-bond acceptors (Lipinski definition) is 4. The molecule has 1 N–H and O–H groups in total. The lowest BCUT2D eigenvalue weighted by Crippen LogP contribution is -2.40. The molecule has 2 aromatic heterocycles. The zero-order valence-electron chi connectivity index (χ0n) is 13.7. The van der Waals surface area contributed by atoms with Crippen molar-refractivity contribution in [1.29, 1.82) is 0 Å². The first-order valence-electron chi connectivity index (χ1n) is 8.19. The Morgan fingerprint density at radius 2 is 2.14 bits per heavy atom. The van der Waals surface area contributed by atoms with E-state index in [1.54, 1.807) is 0 Å². The Kier molecular flexibility index (Phi) is 4.52. The lowest BCUT2D eigenvalue weighted by molar-refractivity contribution is 0.139. The smallest absolute Gasteiger partial charge is 0.112 e. The van der Waals surface area contributed by atoms with E-state index in [9.17, 15) is 0 Å². The molecule has 1 saturated heterocycles. The third kappa shape index (κ3) is 3.53. The van der Waals surface area contributed by atoms with E-state index in [1.807, 2.05) is 25.4 Å². The third-order valence-corrected chi connectivity index (χ3v) is 4.45. The number of aryl methyl sites for hydroxylation is 1. The van der Waals surface area contributed by atoms with Crippen molar-refractivity contribution >= 4 is 0 Å². The van der Waals surface area contributed by atoms with Gasteiger partial charge in [-0.15, -0.1) is 0 Å². The van der Waals surface area contributed by atoms with Crippen LogP contribution in [0.4, 0.5) is 0 Å². The van der Waals surface area contributed by atoms with Crippen molar-refractivity contribution in [2.45, 2.75) is 46.1 Å². The summed E-state index contributed by atoms with van der Waals surface area (Å²) in [6, 6.07) is 2.63. The molecule has 0 spiro atoms. The van der Waals surface area contributed by atoms with E-state index in [1.165, 1.54) is 25.9 Å². The van der Waals surface area contributed by atoms with Crippen LogP contribution in [0.3, 0.4) is 0 Å². The summed E-state index contributed by atoms with van der Waals surface area (Å²) >= 11 is 0. The number of hydrogen-bond donors (Lipinski definition) is 1. The highest BCUT2D eigenvalue weighted by molar-refractivity contribution is 5.52. The number of H-pyrrole nitrogens is 1. The molecule has 0 radical (unpaired) electrons. The molecule has 5 heteroatoms. The Hall–Kier alpha value is -1.75. The van der Waals surface area contributed by atoms with Gasteiger partial charge in [0.15, 0.2) is 0 Å². The van der Waals surface area contributed by atoms with E-state index >= 15 is 0 Å². The first kappa shape index (κ1) is 15.2. The van der Waals surface area contributed by atoms with Crippen LogP contribution in [0.25, 0.3) is 11.4 Å². The van der Waals surface area contributed by atoms with Crippen molar-refractivity contribution in [2.75, 3.05) is 13.1 Å². The van der Waals surface area contributed by atoms with E-state index in [2.05, 4.69) is 38.9 Å². The summed E-state index contributed by atoms with van der Waals surface area (Å²) in [6.07, 6.45) is 7.36. The monoisotopic (exact) mass is 299 g/mol. The van der Waals surface area contributed by atoms with Gasteiger partial charge in [-0.05, 0) is 58.6 Å². The fourth-order valence-electron chi connectivity index (χ4n) is 3.17. The maximum Gasteiger partial charge on any atom is 0.112 e. The van der Waals surface area contributed by atoms with Gasteiger partial charge in [0, 0.05) is 24.5 Å². The van der Waals surface area contributed by atoms with E-state index in [0.717, 1.165) is 29.2 Å². The zero-order chi connectivity index (χ0) is 15.5. The predicted molar refractivity (Wildman–Crippen MR) is 87.5 cm³/mol. The minimum atomic E-state index is 0.638. The molecule has 0 aromatic carbocycles. The molecular formula is C17H25N5. The third-order valence-electron chi connectivity index (χ3n) is 4.45. The van der Waals surface area contributed by atoms with Gasteiger partial charge in [0.05, 0.1) is 11.9 Å². The molecule has 0 saturated carbocycles. The summed E-state index contributed by atoms with van der Waals surface area (Å²) in [4.78, 5) is 11.7. The van der Waals surface area contributed by atoms with Gasteiger partial charge in [-0.3, -0.25) is 15.1 Å². The number of rotatable bonds is 4. The summed E-state index contributed by atoms with van der Waals surface area (Å²) in [6.45, 7) is 8.96. The van der Waals surface area contributed by atoms with Gasteiger partial charge in [0.25, 0.3) is 0 Å². The van der Waals surface area contributed by atoms with Gasteiger partial charge < -0.3 is 4.90 Å². The molecule has 0 aliphatic carbocycles. The number of aromatic nitrogens is 4. The molecule has 5 nitrogen and oxygen atoms in total. The van der Waals surface area contributed by atoms with E-state index in [4.69, 9.17) is 0 Å². The van der Waals surface area contributed by atoms with Crippen molar-refractivity contribution in [3.63, 3.8) is 0 Å². The molecule has 2 aromatic rings. The van der Waals surface area contributed by atoms with Gasteiger partial charge in [0.2, 0.25) is 0 Å². The summed E-state index contributed by atoms with van der Waals surface area (Å²) in [7, 11) is 0. The van der Waals surface area contributed by atoms with Gasteiger partial charge in [0.1, 0.15) is 11.4 Å². The van der Waals surface area contributed by atoms with Crippen molar-refractivity contribution in [3.8, 4) is 11.4 Å². The topological polar surface area (TPSA) is 57.7 Å². The van der Waals surface area contributed by atoms with Crippen molar-refractivity contribution in [3.05, 3.63) is 29.8 Å². The van der Waals surface area contributed by atoms with Crippen molar-refractivity contribution < 1.29 is 0 Å². The molecule has 1 atom stereocenters. The van der Waals surface area contributed by atoms with Gasteiger partial charge >= 0.3 is 0 Å². The van der Waals surface area contributed by atoms with Crippen molar-refractivity contribution in [1.82, 2.24) is 25.1 Å². The number of aromatic amines is 1. The first-order chi connectivity index (χ1) is 10.6. The molecule has 1 fully saturated rings. The second-order valence-electron chi connectivity index (χ2n) is 6.63. The minimum Gasteiger partial charge on any atom is -0.301 e. The van der Waals surface area contributed by atoms with Crippen LogP contribution in [0.15, 0.2) is 18.5 Å². The predicted octanol–water partition coefficient (Wildman–Crippen LogP) is 2.84. The van der Waals surface area contributed by atoms with Gasteiger partial charge in [-0.2, -0.15) is 5.10 Å². The average molecular weight is 299 g/mol. The molecule has 1 aliphatic heterocycles. The maximum absolute atomic E-state index is 4.59. The molecule has 1 aliphatic rings. The van der Waals surface area contributed by atoms with Crippen LogP contribution in [0, 0.1) is 12.8 Å². The zero-order valence-corrected chi connectivity index (χ0v) is 13.7. The second-order valence-corrected chi connectivity index (χ2v) is 6.63. The minimum absolute atomic E-state index is 0.638. The summed E-state index contributed by atoms with van der Waals surface area (Å²) in [5, 5.41) is 7.17. The number of piperidine rings is 1. The van der Waals surface area contributed by atoms with Gasteiger partial charge in [-0.25, -0.2) is 0 Å². The molecule has 0 unspecified atom stereocenters. The number of nitrogens with one attached hydrogen (secondary N) is 1. The summed E-state index contributed by atoms with van der Waals surface area (Å²) < 4.78 is 0. The lowest BCUT2D eigenvalue weighted by Gasteiger charge is -2.35. The number of likely N-dealkylation sites (tertiary alicyclic amines) is 1. The molecule has 118 valence electrons. The quantitative estimate of drug-likeness (QED) is 0.943. The molecule has 3 heterocycles. The summed E-state index contributed by atoms with van der Waals surface area (Å²) in [5.41, 5.74) is 3.82. The SMILES string of the molecule is Cc1cc(-c2cnc(C[C@@H]3CCCN(C(C)C)C3)cn2)n[nH]1. The Balaban J connectivity index is 1.63. The largest absolute Gasteiger partial charge is 0.301 e. The Bertz CT molecular complexity index is 602. The van der Waals surface area contributed by atoms with Crippen LogP contribution in [0.5, 0.6) is 0 Å². The first-order valence-corrected chi connectivity index (χ1v) is 8.19. The Morgan fingerprint density at radius 1 is 1.27 bits per heavy atom. The van der Waals surface area contributed by atoms with Crippen LogP contribution in [0.2, 0.25) is 0 Å². The van der Waals surface area contributed by atoms with Crippen LogP contribution < -0.4 is 0 Å². The molecular weight excluding hydrogens is 274 g/mol. The van der Waals surface area contributed by atoms with Crippen molar-refractivity contribution in [2.24, 2.45) is 5.92 Å². The Labute approximate surface area is 132 Å². The molecule has 3 rings (SSSR count). The summed E-state index contributed by atoms with van der Waals surface area (Å²) in [5.74, 6) is 0.698. The maximum atomic E-state index is 4.59. The molecule has 22 heavy (non-hydrogen) atoms. The fraction of sp³-hybridized carbons (Fsp3) is 0.588. The highest BCUT2D eigenvalue weighted by atomic mass is 15.2. The second kappa shape index (κ2) is 6.57. The van der Waals surface area contributed by atoms with Crippen LogP contribution >= 0.6 is 0 Å². The normalized spacial score (nSPS) is 19.7. The van der Waals surface area contributed by atoms with Gasteiger partial charge in [-0.1, -0.05) is 0 Å². The lowest BCUT2D eigenvalue weighted by atomic mass is 9.93. The highest BCUT2D eigenvalue weighted by Crippen LogP contribution is 2.22. The van der Waals surface area contributed by atoms with Crippen LogP contribution in [-0.4, -0.2) is 44.2 Å². The van der Waals surface area contributed by atoms with E-state index in [-0.39, 0.29) is 0 Å². The number of nitrogens with zero attached hydrogens (tertiary/aromatic N) is 4. The molecule has 0 amide bonds. The fourth-order valence-corrected chi connectivity index (χ4v) is 3.17. The van der Waals surface area contributed by atoms with E-state index in [0.29, 0.717) is 12.0 Å². The molecule has 0 bridgehead atoms. The highest BCUT2D eigenvalue weighted by Gasteiger charge is 2.22. The van der Waals surface area contributed by atoms with Crippen LogP contribution in [0.1, 0.15) is 38.1 Å². The average Bonchev–Trinajstić information content (AvgIpc) is 2.95. The van der Waals surface area contributed by atoms with Crippen LogP contribution in [-0.2, 0) is 6.42 Å².